The number of nitrogen functional groups attached to an aromatic ring is 1. The Labute approximate surface area is 137 Å². The lowest BCUT2D eigenvalue weighted by Crippen LogP contribution is -2.08. The van der Waals surface area contributed by atoms with Crippen LogP contribution in [0.3, 0.4) is 0 Å². The number of carbonyl (C=O) groups excluding carboxylic acids is 1. The third-order valence-corrected chi connectivity index (χ3v) is 3.53. The molecule has 1 amide bonds. The number of nitrogens with two attached hydrogens (primary N) is 1. The molecule has 23 heavy (non-hydrogen) atoms. The fraction of sp³-hybridized carbons (Fsp3) is 0.211. The van der Waals surface area contributed by atoms with Gasteiger partial charge in [-0.15, -0.1) is 0 Å². The first kappa shape index (κ1) is 16.6. The number of carbonyl (C=O) groups is 1. The summed E-state index contributed by atoms with van der Waals surface area (Å²) in [5, 5.41) is 2.77. The molecule has 0 bridgehead atoms. The molecule has 3 N–H and O–H groups in total. The van der Waals surface area contributed by atoms with Crippen LogP contribution in [0.2, 0.25) is 0 Å². The standard InChI is InChI=1S/C19H22N2O2/c1-13(2)15-7-4-14(5-8-15)6-11-19(22)21-16-9-10-18(23-3)17(20)12-16/h4-13H,20H2,1-3H3,(H,21,22)/b11-6+. The summed E-state index contributed by atoms with van der Waals surface area (Å²) < 4.78 is 5.08. The zero-order valence-electron chi connectivity index (χ0n) is 13.7. The zero-order valence-corrected chi connectivity index (χ0v) is 13.7. The number of amides is 1. The lowest BCUT2D eigenvalue weighted by atomic mass is 10.0. The van der Waals surface area contributed by atoms with Gasteiger partial charge in [-0.1, -0.05) is 38.1 Å². The second kappa shape index (κ2) is 7.49. The lowest BCUT2D eigenvalue weighted by Gasteiger charge is -2.07. The molecule has 0 unspecified atom stereocenters. The molecule has 2 rings (SSSR count). The van der Waals surface area contributed by atoms with Gasteiger partial charge < -0.3 is 15.8 Å². The van der Waals surface area contributed by atoms with Crippen molar-refractivity contribution in [2.75, 3.05) is 18.2 Å². The van der Waals surface area contributed by atoms with Crippen molar-refractivity contribution in [1.29, 1.82) is 0 Å². The minimum absolute atomic E-state index is 0.206. The molecule has 4 nitrogen and oxygen atoms in total. The first-order valence-corrected chi connectivity index (χ1v) is 7.52. The maximum absolute atomic E-state index is 12.0. The molecule has 4 heteroatoms. The Hall–Kier alpha value is -2.75. The van der Waals surface area contributed by atoms with E-state index in [0.29, 0.717) is 23.0 Å². The number of methoxy groups -OCH3 is 1. The van der Waals surface area contributed by atoms with Gasteiger partial charge in [0.25, 0.3) is 0 Å². The highest BCUT2D eigenvalue weighted by atomic mass is 16.5. The van der Waals surface area contributed by atoms with Crippen LogP contribution in [0.4, 0.5) is 11.4 Å². The largest absolute Gasteiger partial charge is 0.495 e. The van der Waals surface area contributed by atoms with Crippen LogP contribution in [-0.2, 0) is 4.79 Å². The van der Waals surface area contributed by atoms with Gasteiger partial charge in [0.1, 0.15) is 5.75 Å². The van der Waals surface area contributed by atoms with Crippen LogP contribution in [0, 0.1) is 0 Å². The molecule has 0 aliphatic rings. The summed E-state index contributed by atoms with van der Waals surface area (Å²) in [4.78, 5) is 12.0. The van der Waals surface area contributed by atoms with Crippen molar-refractivity contribution < 1.29 is 9.53 Å². The Kier molecular flexibility index (Phi) is 5.41. The van der Waals surface area contributed by atoms with Gasteiger partial charge in [-0.05, 0) is 41.3 Å². The normalized spacial score (nSPS) is 11.0. The highest BCUT2D eigenvalue weighted by molar-refractivity contribution is 6.02. The number of anilines is 2. The summed E-state index contributed by atoms with van der Waals surface area (Å²) in [5.41, 5.74) is 9.20. The van der Waals surface area contributed by atoms with Crippen LogP contribution in [0.1, 0.15) is 30.9 Å². The van der Waals surface area contributed by atoms with Crippen molar-refractivity contribution in [1.82, 2.24) is 0 Å². The highest BCUT2D eigenvalue weighted by Crippen LogP contribution is 2.24. The number of benzene rings is 2. The van der Waals surface area contributed by atoms with E-state index in [1.807, 2.05) is 12.1 Å². The topological polar surface area (TPSA) is 64.3 Å². The Morgan fingerprint density at radius 1 is 1.17 bits per heavy atom. The van der Waals surface area contributed by atoms with Crippen LogP contribution in [0.15, 0.2) is 48.5 Å². The summed E-state index contributed by atoms with van der Waals surface area (Å²) >= 11 is 0. The van der Waals surface area contributed by atoms with E-state index in [2.05, 4.69) is 31.3 Å². The number of nitrogens with one attached hydrogen (secondary N) is 1. The van der Waals surface area contributed by atoms with Crippen molar-refractivity contribution in [3.63, 3.8) is 0 Å². The van der Waals surface area contributed by atoms with Gasteiger partial charge in [-0.25, -0.2) is 0 Å². The van der Waals surface area contributed by atoms with Gasteiger partial charge in [0.05, 0.1) is 12.8 Å². The molecule has 0 fully saturated rings. The minimum Gasteiger partial charge on any atom is -0.495 e. The van der Waals surface area contributed by atoms with Crippen LogP contribution < -0.4 is 15.8 Å². The second-order valence-corrected chi connectivity index (χ2v) is 5.60. The first-order valence-electron chi connectivity index (χ1n) is 7.52. The molecular formula is C19H22N2O2. The molecule has 0 saturated carbocycles. The van der Waals surface area contributed by atoms with E-state index in [1.54, 1.807) is 31.4 Å². The van der Waals surface area contributed by atoms with Crippen molar-refractivity contribution in [3.8, 4) is 5.75 Å². The quantitative estimate of drug-likeness (QED) is 0.647. The van der Waals surface area contributed by atoms with Crippen molar-refractivity contribution in [3.05, 3.63) is 59.7 Å². The Bertz CT molecular complexity index is 704. The third-order valence-electron chi connectivity index (χ3n) is 3.53. The first-order chi connectivity index (χ1) is 11.0. The SMILES string of the molecule is COc1ccc(NC(=O)/C=C/c2ccc(C(C)C)cc2)cc1N. The predicted molar refractivity (Wildman–Crippen MR) is 95.6 cm³/mol. The van der Waals surface area contributed by atoms with E-state index in [-0.39, 0.29) is 5.91 Å². The minimum atomic E-state index is -0.206. The molecule has 0 aliphatic heterocycles. The summed E-state index contributed by atoms with van der Waals surface area (Å²) in [6.45, 7) is 4.30. The van der Waals surface area contributed by atoms with E-state index >= 15 is 0 Å². The van der Waals surface area contributed by atoms with Gasteiger partial charge in [0.15, 0.2) is 0 Å². The molecule has 0 aromatic heterocycles. The fourth-order valence-electron chi connectivity index (χ4n) is 2.16. The molecule has 120 valence electrons. The molecule has 0 heterocycles. The molecule has 2 aromatic carbocycles. The van der Waals surface area contributed by atoms with E-state index in [1.165, 1.54) is 11.6 Å². The van der Waals surface area contributed by atoms with Crippen molar-refractivity contribution >= 4 is 23.4 Å². The zero-order chi connectivity index (χ0) is 16.8. The lowest BCUT2D eigenvalue weighted by molar-refractivity contribution is -0.111. The maximum Gasteiger partial charge on any atom is 0.248 e. The van der Waals surface area contributed by atoms with Crippen LogP contribution in [0.5, 0.6) is 5.75 Å². The number of hydrogen-bond donors (Lipinski definition) is 2. The molecule has 0 aliphatic carbocycles. The smallest absolute Gasteiger partial charge is 0.248 e. The Balaban J connectivity index is 2.00. The van der Waals surface area contributed by atoms with Crippen LogP contribution in [0.25, 0.3) is 6.08 Å². The van der Waals surface area contributed by atoms with E-state index in [0.717, 1.165) is 5.56 Å². The molecule has 0 atom stereocenters. The van der Waals surface area contributed by atoms with Gasteiger partial charge >= 0.3 is 0 Å². The number of ether oxygens (including phenoxy) is 1. The molecule has 0 radical (unpaired) electrons. The van der Waals surface area contributed by atoms with Gasteiger partial charge in [0, 0.05) is 11.8 Å². The fourth-order valence-corrected chi connectivity index (χ4v) is 2.16. The maximum atomic E-state index is 12.0. The molecule has 2 aromatic rings. The van der Waals surface area contributed by atoms with Gasteiger partial charge in [0.2, 0.25) is 5.91 Å². The van der Waals surface area contributed by atoms with Gasteiger partial charge in [-0.3, -0.25) is 4.79 Å². The molecule has 0 saturated heterocycles. The average Bonchev–Trinajstić information content (AvgIpc) is 2.53. The third kappa shape index (κ3) is 4.61. The predicted octanol–water partition coefficient (Wildman–Crippen LogP) is 4.05. The number of hydrogen-bond acceptors (Lipinski definition) is 3. The average molecular weight is 310 g/mol. The summed E-state index contributed by atoms with van der Waals surface area (Å²) in [5.74, 6) is 0.878. The second-order valence-electron chi connectivity index (χ2n) is 5.60. The summed E-state index contributed by atoms with van der Waals surface area (Å²) in [6.07, 6.45) is 3.29. The molecular weight excluding hydrogens is 288 g/mol. The van der Waals surface area contributed by atoms with Crippen LogP contribution >= 0.6 is 0 Å². The van der Waals surface area contributed by atoms with E-state index in [4.69, 9.17) is 10.5 Å². The Morgan fingerprint density at radius 2 is 1.87 bits per heavy atom. The van der Waals surface area contributed by atoms with Crippen LogP contribution in [-0.4, -0.2) is 13.0 Å². The van der Waals surface area contributed by atoms with Crippen molar-refractivity contribution in [2.45, 2.75) is 19.8 Å². The monoisotopic (exact) mass is 310 g/mol. The van der Waals surface area contributed by atoms with Gasteiger partial charge in [-0.2, -0.15) is 0 Å². The summed E-state index contributed by atoms with van der Waals surface area (Å²) in [7, 11) is 1.55. The summed E-state index contributed by atoms with van der Waals surface area (Å²) in [6, 6.07) is 13.3. The molecule has 0 spiro atoms. The van der Waals surface area contributed by atoms with E-state index in [9.17, 15) is 4.79 Å². The van der Waals surface area contributed by atoms with E-state index < -0.39 is 0 Å². The van der Waals surface area contributed by atoms with Crippen molar-refractivity contribution in [2.24, 2.45) is 0 Å². The highest BCUT2D eigenvalue weighted by Gasteiger charge is 2.03. The Morgan fingerprint density at radius 3 is 2.43 bits per heavy atom. The number of rotatable bonds is 5.